The Hall–Kier alpha value is -2.02. The van der Waals surface area contributed by atoms with Crippen LogP contribution in [0.25, 0.3) is 0 Å². The lowest BCUT2D eigenvalue weighted by Crippen LogP contribution is -2.17. The predicted molar refractivity (Wildman–Crippen MR) is 143 cm³/mol. The number of Topliss-reactive ketones (excluding diaryl/α,β-unsaturated/α-hetero) is 1. The summed E-state index contributed by atoms with van der Waals surface area (Å²) < 4.78 is 17.2. The van der Waals surface area contributed by atoms with E-state index in [4.69, 9.17) is 62.7 Å². The minimum Gasteiger partial charge on any atom is -0.491 e. The smallest absolute Gasteiger partial charge is 0.231 e. The number of alkyl halides is 2. The van der Waals surface area contributed by atoms with Crippen molar-refractivity contribution in [3.05, 3.63) is 92.2 Å². The van der Waals surface area contributed by atoms with Crippen LogP contribution in [-0.2, 0) is 11.2 Å². The van der Waals surface area contributed by atoms with Gasteiger partial charge in [0.15, 0.2) is 11.5 Å². The molecule has 4 nitrogen and oxygen atoms in total. The molecule has 1 N–H and O–H groups in total. The van der Waals surface area contributed by atoms with Crippen LogP contribution in [0.1, 0.15) is 34.3 Å². The van der Waals surface area contributed by atoms with Gasteiger partial charge in [0.05, 0.1) is 27.6 Å². The molecule has 0 heterocycles. The maximum atomic E-state index is 13.2. The summed E-state index contributed by atoms with van der Waals surface area (Å²) >= 11 is 31.8. The molecule has 1 fully saturated rings. The Balaban J connectivity index is 1.50. The molecule has 3 aromatic rings. The molecule has 188 valence electrons. The van der Waals surface area contributed by atoms with Crippen molar-refractivity contribution in [1.29, 1.82) is 0 Å². The Bertz CT molecular complexity index is 1310. The highest BCUT2D eigenvalue weighted by molar-refractivity contribution is 6.53. The normalized spacial score (nSPS) is 18.0. The van der Waals surface area contributed by atoms with Gasteiger partial charge >= 0.3 is 0 Å². The number of benzene rings is 3. The van der Waals surface area contributed by atoms with Crippen molar-refractivity contribution in [3.8, 4) is 5.75 Å². The average Bonchev–Trinajstić information content (AvgIpc) is 3.40. The first-order valence-corrected chi connectivity index (χ1v) is 12.8. The lowest BCUT2D eigenvalue weighted by Gasteiger charge is -2.11. The highest BCUT2D eigenvalue weighted by Gasteiger charge is 2.67. The minimum absolute atomic E-state index is 0.0217. The first-order chi connectivity index (χ1) is 17.0. The number of hydrogen-bond donors (Lipinski definition) is 1. The number of carbonyl (C=O) groups excluding carboxylic acids is 2. The average molecular weight is 590 g/mol. The van der Waals surface area contributed by atoms with E-state index in [-0.39, 0.29) is 32.8 Å². The molecule has 10 heteroatoms. The van der Waals surface area contributed by atoms with Gasteiger partial charge in [-0.25, -0.2) is 4.39 Å². The molecule has 4 rings (SSSR count). The summed E-state index contributed by atoms with van der Waals surface area (Å²) in [4.78, 5) is 25.9. The van der Waals surface area contributed by atoms with Gasteiger partial charge < -0.3 is 10.1 Å². The van der Waals surface area contributed by atoms with Crippen LogP contribution in [0, 0.1) is 11.7 Å². The van der Waals surface area contributed by atoms with E-state index in [0.29, 0.717) is 29.2 Å². The maximum Gasteiger partial charge on any atom is 0.231 e. The van der Waals surface area contributed by atoms with Gasteiger partial charge in [0.1, 0.15) is 10.2 Å². The van der Waals surface area contributed by atoms with E-state index >= 15 is 0 Å². The van der Waals surface area contributed by atoms with Crippen LogP contribution in [0.5, 0.6) is 5.75 Å². The van der Waals surface area contributed by atoms with Crippen molar-refractivity contribution in [3.63, 3.8) is 0 Å². The van der Waals surface area contributed by atoms with E-state index in [1.165, 1.54) is 36.4 Å². The fourth-order valence-corrected chi connectivity index (χ4v) is 5.69. The predicted octanol–water partition coefficient (Wildman–Crippen LogP) is 8.14. The summed E-state index contributed by atoms with van der Waals surface area (Å²) in [5.74, 6) is -2.12. The standard InChI is InChI=1S/C26H19Cl5FNO3/c1-2-36-24-19(28)10-14(11-20(24)29)22-23(26(22,30)31)25(35)33-16-7-8-18(27)17(12-16)21(34)9-13-3-5-15(32)6-4-13/h3-8,10-12,22-23H,2,9H2,1H3,(H,33,35). The third-order valence-corrected chi connectivity index (χ3v) is 7.65. The lowest BCUT2D eigenvalue weighted by molar-refractivity contribution is -0.117. The SMILES string of the molecule is CCOc1c(Cl)cc(C2C(C(=O)Nc3ccc(Cl)c(C(=O)Cc4ccc(F)cc4)c3)C2(Cl)Cl)cc1Cl. The second-order valence-electron chi connectivity index (χ2n) is 8.29. The van der Waals surface area contributed by atoms with Crippen LogP contribution in [0.2, 0.25) is 15.1 Å². The Morgan fingerprint density at radius 3 is 2.22 bits per heavy atom. The summed E-state index contributed by atoms with van der Waals surface area (Å²) in [5.41, 5.74) is 1.81. The van der Waals surface area contributed by atoms with Gasteiger partial charge in [0, 0.05) is 23.6 Å². The number of ether oxygens (including phenoxy) is 1. The molecular weight excluding hydrogens is 571 g/mol. The number of rotatable bonds is 8. The molecule has 0 aromatic heterocycles. The fourth-order valence-electron chi connectivity index (χ4n) is 4.03. The van der Waals surface area contributed by atoms with Crippen LogP contribution < -0.4 is 10.1 Å². The number of hydrogen-bond acceptors (Lipinski definition) is 3. The van der Waals surface area contributed by atoms with E-state index in [2.05, 4.69) is 5.32 Å². The Kier molecular flexibility index (Phi) is 8.08. The topological polar surface area (TPSA) is 55.4 Å². The van der Waals surface area contributed by atoms with Gasteiger partial charge in [-0.1, -0.05) is 46.9 Å². The van der Waals surface area contributed by atoms with Crippen molar-refractivity contribution in [2.24, 2.45) is 5.92 Å². The molecule has 1 aliphatic rings. The molecule has 0 radical (unpaired) electrons. The first-order valence-electron chi connectivity index (χ1n) is 10.9. The zero-order valence-electron chi connectivity index (χ0n) is 18.8. The summed E-state index contributed by atoms with van der Waals surface area (Å²) in [6.07, 6.45) is 0.0217. The molecular formula is C26H19Cl5FNO3. The molecule has 2 unspecified atom stereocenters. The second kappa shape index (κ2) is 10.8. The van der Waals surface area contributed by atoms with Crippen molar-refractivity contribution >= 4 is 75.4 Å². The zero-order chi connectivity index (χ0) is 26.2. The van der Waals surface area contributed by atoms with Gasteiger partial charge in [0.25, 0.3) is 0 Å². The van der Waals surface area contributed by atoms with Crippen molar-refractivity contribution in [1.82, 2.24) is 0 Å². The summed E-state index contributed by atoms with van der Waals surface area (Å²) in [6, 6.07) is 13.4. The Morgan fingerprint density at radius 2 is 1.61 bits per heavy atom. The Labute approximate surface area is 232 Å². The maximum absolute atomic E-state index is 13.2. The van der Waals surface area contributed by atoms with Crippen molar-refractivity contribution in [2.75, 3.05) is 11.9 Å². The number of anilines is 1. The molecule has 0 saturated heterocycles. The molecule has 0 spiro atoms. The lowest BCUT2D eigenvalue weighted by atomic mass is 10.0. The fraction of sp³-hybridized carbons (Fsp3) is 0.231. The number of amides is 1. The first kappa shape index (κ1) is 27.0. The van der Waals surface area contributed by atoms with Crippen LogP contribution in [-0.4, -0.2) is 22.6 Å². The number of nitrogens with one attached hydrogen (secondary N) is 1. The Morgan fingerprint density at radius 1 is 0.972 bits per heavy atom. The van der Waals surface area contributed by atoms with E-state index in [1.54, 1.807) is 18.2 Å². The molecule has 0 aliphatic heterocycles. The molecule has 0 bridgehead atoms. The highest BCUT2D eigenvalue weighted by Crippen LogP contribution is 2.65. The molecule has 1 aliphatic carbocycles. The molecule has 1 amide bonds. The minimum atomic E-state index is -1.38. The van der Waals surface area contributed by atoms with Gasteiger partial charge in [-0.15, -0.1) is 23.2 Å². The van der Waals surface area contributed by atoms with Crippen LogP contribution >= 0.6 is 58.0 Å². The summed E-state index contributed by atoms with van der Waals surface area (Å²) in [5, 5.41) is 3.56. The van der Waals surface area contributed by atoms with E-state index in [9.17, 15) is 14.0 Å². The van der Waals surface area contributed by atoms with E-state index in [1.807, 2.05) is 6.92 Å². The van der Waals surface area contributed by atoms with Gasteiger partial charge in [-0.3, -0.25) is 9.59 Å². The third kappa shape index (κ3) is 5.61. The molecule has 36 heavy (non-hydrogen) atoms. The zero-order valence-corrected chi connectivity index (χ0v) is 22.5. The van der Waals surface area contributed by atoms with E-state index < -0.39 is 27.9 Å². The third-order valence-electron chi connectivity index (χ3n) is 5.82. The summed E-state index contributed by atoms with van der Waals surface area (Å²) in [6.45, 7) is 2.20. The molecule has 3 aromatic carbocycles. The number of carbonyl (C=O) groups is 2. The van der Waals surface area contributed by atoms with Gasteiger partial charge in [0.2, 0.25) is 5.91 Å². The highest BCUT2D eigenvalue weighted by atomic mass is 35.5. The van der Waals surface area contributed by atoms with Crippen molar-refractivity contribution < 1.29 is 18.7 Å². The van der Waals surface area contributed by atoms with Crippen LogP contribution in [0.15, 0.2) is 54.6 Å². The quantitative estimate of drug-likeness (QED) is 0.213. The second-order valence-corrected chi connectivity index (χ2v) is 11.0. The summed E-state index contributed by atoms with van der Waals surface area (Å²) in [7, 11) is 0. The van der Waals surface area contributed by atoms with Crippen molar-refractivity contribution in [2.45, 2.75) is 23.6 Å². The number of ketones is 1. The molecule has 1 saturated carbocycles. The van der Waals surface area contributed by atoms with Crippen LogP contribution in [0.3, 0.4) is 0 Å². The van der Waals surface area contributed by atoms with Gasteiger partial charge in [-0.2, -0.15) is 0 Å². The van der Waals surface area contributed by atoms with E-state index in [0.717, 1.165) is 0 Å². The monoisotopic (exact) mass is 587 g/mol. The van der Waals surface area contributed by atoms with Crippen LogP contribution in [0.4, 0.5) is 10.1 Å². The number of halogens is 6. The largest absolute Gasteiger partial charge is 0.491 e. The molecule has 2 atom stereocenters. The van der Waals surface area contributed by atoms with Gasteiger partial charge in [-0.05, 0) is 60.5 Å².